The van der Waals surface area contributed by atoms with Crippen LogP contribution >= 0.6 is 0 Å². The Balaban J connectivity index is 2.21. The molecular weight excluding hydrogens is 228 g/mol. The number of aromatic amines is 1. The van der Waals surface area contributed by atoms with E-state index in [0.29, 0.717) is 5.69 Å². The second kappa shape index (κ2) is 4.00. The highest BCUT2D eigenvalue weighted by atomic mass is 16.4. The van der Waals surface area contributed by atoms with E-state index < -0.39 is 5.97 Å². The second-order valence-electron chi connectivity index (χ2n) is 3.98. The molecule has 0 saturated carbocycles. The molecule has 1 heterocycles. The molecule has 1 aromatic heterocycles. The van der Waals surface area contributed by atoms with Gasteiger partial charge in [-0.05, 0) is 10.8 Å². The lowest BCUT2D eigenvalue weighted by molar-refractivity contribution is 0.0685. The summed E-state index contributed by atoms with van der Waals surface area (Å²) in [6.45, 7) is 0. The largest absolute Gasteiger partial charge is 0.475 e. The van der Waals surface area contributed by atoms with Crippen LogP contribution in [0.3, 0.4) is 0 Å². The van der Waals surface area contributed by atoms with Crippen molar-refractivity contribution in [3.63, 3.8) is 0 Å². The van der Waals surface area contributed by atoms with Gasteiger partial charge in [-0.1, -0.05) is 42.5 Å². The molecule has 18 heavy (non-hydrogen) atoms. The second-order valence-corrected chi connectivity index (χ2v) is 3.98. The standard InChI is InChI=1S/C14H10N2O2/c17-14(18)13-15-8-12(16-13)11-7-3-5-9-4-1-2-6-10(9)11/h1-8H,(H,15,16)(H,17,18). The molecule has 0 amide bonds. The van der Waals surface area contributed by atoms with Crippen molar-refractivity contribution < 1.29 is 9.90 Å². The van der Waals surface area contributed by atoms with Gasteiger partial charge in [0.05, 0.1) is 11.9 Å². The molecule has 0 aliphatic rings. The predicted octanol–water partition coefficient (Wildman–Crippen LogP) is 2.93. The number of hydrogen-bond acceptors (Lipinski definition) is 2. The fourth-order valence-corrected chi connectivity index (χ4v) is 2.03. The van der Waals surface area contributed by atoms with E-state index in [9.17, 15) is 4.79 Å². The smallest absolute Gasteiger partial charge is 0.371 e. The van der Waals surface area contributed by atoms with Crippen LogP contribution < -0.4 is 0 Å². The van der Waals surface area contributed by atoms with Gasteiger partial charge in [0.25, 0.3) is 0 Å². The highest BCUT2D eigenvalue weighted by Crippen LogP contribution is 2.27. The first kappa shape index (κ1) is 10.5. The van der Waals surface area contributed by atoms with E-state index in [0.717, 1.165) is 16.3 Å². The third kappa shape index (κ3) is 1.64. The minimum absolute atomic E-state index is 0.0436. The molecule has 4 heteroatoms. The van der Waals surface area contributed by atoms with Gasteiger partial charge < -0.3 is 10.1 Å². The van der Waals surface area contributed by atoms with Gasteiger partial charge in [0.2, 0.25) is 5.82 Å². The van der Waals surface area contributed by atoms with Gasteiger partial charge >= 0.3 is 5.97 Å². The first-order chi connectivity index (χ1) is 8.75. The molecule has 2 aromatic carbocycles. The average Bonchev–Trinajstić information content (AvgIpc) is 2.87. The molecule has 0 fully saturated rings. The van der Waals surface area contributed by atoms with Crippen molar-refractivity contribution in [2.45, 2.75) is 0 Å². The van der Waals surface area contributed by atoms with Gasteiger partial charge in [-0.25, -0.2) is 9.78 Å². The zero-order chi connectivity index (χ0) is 12.5. The zero-order valence-electron chi connectivity index (χ0n) is 9.42. The summed E-state index contributed by atoms with van der Waals surface area (Å²) in [4.78, 5) is 17.5. The third-order valence-electron chi connectivity index (χ3n) is 2.86. The summed E-state index contributed by atoms with van der Waals surface area (Å²) in [5.41, 5.74) is 1.66. The first-order valence-electron chi connectivity index (χ1n) is 5.52. The molecule has 0 aliphatic carbocycles. The molecule has 0 saturated heterocycles. The maximum absolute atomic E-state index is 10.8. The fraction of sp³-hybridized carbons (Fsp3) is 0. The SMILES string of the molecule is O=C(O)c1ncc(-c2cccc3ccccc23)[nH]1. The highest BCUT2D eigenvalue weighted by molar-refractivity contribution is 5.96. The summed E-state index contributed by atoms with van der Waals surface area (Å²) in [6.07, 6.45) is 1.55. The Hall–Kier alpha value is -2.62. The first-order valence-corrected chi connectivity index (χ1v) is 5.52. The number of carboxylic acid groups (broad SMARTS) is 1. The van der Waals surface area contributed by atoms with E-state index in [1.807, 2.05) is 42.5 Å². The molecule has 0 atom stereocenters. The van der Waals surface area contributed by atoms with Crippen molar-refractivity contribution in [3.8, 4) is 11.3 Å². The summed E-state index contributed by atoms with van der Waals surface area (Å²) >= 11 is 0. The highest BCUT2D eigenvalue weighted by Gasteiger charge is 2.10. The average molecular weight is 238 g/mol. The molecule has 0 bridgehead atoms. The lowest BCUT2D eigenvalue weighted by atomic mass is 10.0. The Labute approximate surface area is 103 Å². The Morgan fingerprint density at radius 3 is 2.67 bits per heavy atom. The van der Waals surface area contributed by atoms with Gasteiger partial charge in [0.15, 0.2) is 0 Å². The summed E-state index contributed by atoms with van der Waals surface area (Å²) < 4.78 is 0. The predicted molar refractivity (Wildman–Crippen MR) is 68.5 cm³/mol. The Morgan fingerprint density at radius 1 is 1.11 bits per heavy atom. The number of rotatable bonds is 2. The number of aromatic carboxylic acids is 1. The van der Waals surface area contributed by atoms with Crippen molar-refractivity contribution in [1.82, 2.24) is 9.97 Å². The van der Waals surface area contributed by atoms with Crippen LogP contribution in [0.15, 0.2) is 48.7 Å². The minimum Gasteiger partial charge on any atom is -0.475 e. The molecule has 0 unspecified atom stereocenters. The fourth-order valence-electron chi connectivity index (χ4n) is 2.03. The number of benzene rings is 2. The maximum Gasteiger partial charge on any atom is 0.371 e. The van der Waals surface area contributed by atoms with Crippen LogP contribution in [0.5, 0.6) is 0 Å². The van der Waals surface area contributed by atoms with Crippen LogP contribution in [-0.2, 0) is 0 Å². The van der Waals surface area contributed by atoms with Crippen LogP contribution in [0.25, 0.3) is 22.0 Å². The van der Waals surface area contributed by atoms with Crippen molar-refractivity contribution in [2.24, 2.45) is 0 Å². The van der Waals surface area contributed by atoms with E-state index in [2.05, 4.69) is 9.97 Å². The van der Waals surface area contributed by atoms with E-state index in [1.54, 1.807) is 6.20 Å². The van der Waals surface area contributed by atoms with Gasteiger partial charge in [-0.15, -0.1) is 0 Å². The summed E-state index contributed by atoms with van der Waals surface area (Å²) in [5.74, 6) is -1.10. The van der Waals surface area contributed by atoms with Crippen molar-refractivity contribution in [3.05, 3.63) is 54.5 Å². The topological polar surface area (TPSA) is 66.0 Å². The Bertz CT molecular complexity index is 726. The number of fused-ring (bicyclic) bond motifs is 1. The summed E-state index contributed by atoms with van der Waals surface area (Å²) in [6, 6.07) is 13.9. The van der Waals surface area contributed by atoms with Crippen molar-refractivity contribution in [1.29, 1.82) is 0 Å². The molecule has 3 aromatic rings. The van der Waals surface area contributed by atoms with E-state index in [-0.39, 0.29) is 5.82 Å². The minimum atomic E-state index is -1.05. The molecule has 0 spiro atoms. The quantitative estimate of drug-likeness (QED) is 0.721. The number of nitrogens with zero attached hydrogens (tertiary/aromatic N) is 1. The van der Waals surface area contributed by atoms with Crippen molar-refractivity contribution in [2.75, 3.05) is 0 Å². The zero-order valence-corrected chi connectivity index (χ0v) is 9.42. The molecule has 0 radical (unpaired) electrons. The maximum atomic E-state index is 10.8. The molecule has 0 aliphatic heterocycles. The van der Waals surface area contributed by atoms with Gasteiger partial charge in [0.1, 0.15) is 0 Å². The van der Waals surface area contributed by atoms with Crippen LogP contribution in [0, 0.1) is 0 Å². The van der Waals surface area contributed by atoms with E-state index in [1.165, 1.54) is 0 Å². The lowest BCUT2D eigenvalue weighted by Crippen LogP contribution is -1.98. The van der Waals surface area contributed by atoms with E-state index >= 15 is 0 Å². The number of aromatic nitrogens is 2. The normalized spacial score (nSPS) is 10.7. The lowest BCUT2D eigenvalue weighted by Gasteiger charge is -2.03. The van der Waals surface area contributed by atoms with Crippen LogP contribution in [-0.4, -0.2) is 21.0 Å². The van der Waals surface area contributed by atoms with Gasteiger partial charge in [-0.3, -0.25) is 0 Å². The van der Waals surface area contributed by atoms with Crippen molar-refractivity contribution >= 4 is 16.7 Å². The molecule has 4 nitrogen and oxygen atoms in total. The third-order valence-corrected chi connectivity index (χ3v) is 2.86. The Morgan fingerprint density at radius 2 is 1.89 bits per heavy atom. The van der Waals surface area contributed by atoms with Crippen LogP contribution in [0.1, 0.15) is 10.6 Å². The summed E-state index contributed by atoms with van der Waals surface area (Å²) in [5, 5.41) is 11.0. The molecule has 3 rings (SSSR count). The van der Waals surface area contributed by atoms with Gasteiger partial charge in [-0.2, -0.15) is 0 Å². The van der Waals surface area contributed by atoms with Gasteiger partial charge in [0, 0.05) is 5.56 Å². The number of imidazole rings is 1. The number of H-pyrrole nitrogens is 1. The van der Waals surface area contributed by atoms with Crippen LogP contribution in [0.4, 0.5) is 0 Å². The Kier molecular flexibility index (Phi) is 2.34. The molecule has 88 valence electrons. The van der Waals surface area contributed by atoms with E-state index in [4.69, 9.17) is 5.11 Å². The molecular formula is C14H10N2O2. The molecule has 2 N–H and O–H groups in total. The van der Waals surface area contributed by atoms with Crippen LogP contribution in [0.2, 0.25) is 0 Å². The number of carboxylic acids is 1. The number of carbonyl (C=O) groups is 1. The number of nitrogens with one attached hydrogen (secondary N) is 1. The summed E-state index contributed by atoms with van der Waals surface area (Å²) in [7, 11) is 0. The number of hydrogen-bond donors (Lipinski definition) is 2. The monoisotopic (exact) mass is 238 g/mol.